The maximum atomic E-state index is 14.0. The largest absolute Gasteiger partial charge is 0.241 e. The standard InChI is InChI=1S/C36H16F4N8/c1-42-48-36-34-32(44-27(19-2-10-23(37)11-3-19)29(46-34)21-6-14-25(39)15-7-21)31(43-18-41)33-35(36)47-30(22-8-16-26(40)17-9-22)28(45-33)20-4-12-24(38)13-5-20/h2-17H. The van der Waals surface area contributed by atoms with Crippen LogP contribution in [0.2, 0.25) is 0 Å². The molecule has 1 aliphatic rings. The topological polar surface area (TPSA) is 104 Å². The molecule has 6 aromatic rings. The fourth-order valence-electron chi connectivity index (χ4n) is 5.29. The van der Waals surface area contributed by atoms with Gasteiger partial charge in [-0.25, -0.2) is 37.5 Å². The third kappa shape index (κ3) is 5.33. The summed E-state index contributed by atoms with van der Waals surface area (Å²) in [5.74, 6) is -1.94. The van der Waals surface area contributed by atoms with E-state index >= 15 is 0 Å². The molecule has 48 heavy (non-hydrogen) atoms. The number of fused-ring (bicyclic) bond motifs is 2. The molecule has 2 heterocycles. The Morgan fingerprint density at radius 3 is 0.979 bits per heavy atom. The summed E-state index contributed by atoms with van der Waals surface area (Å²) < 4.78 is 55.8. The van der Waals surface area contributed by atoms with Gasteiger partial charge in [0.15, 0.2) is 0 Å². The van der Waals surface area contributed by atoms with Crippen molar-refractivity contribution in [3.63, 3.8) is 0 Å². The second-order valence-electron chi connectivity index (χ2n) is 10.4. The van der Waals surface area contributed by atoms with Crippen LogP contribution in [0.15, 0.2) is 107 Å². The highest BCUT2D eigenvalue weighted by atomic mass is 19.1. The van der Waals surface area contributed by atoms with Crippen molar-refractivity contribution < 1.29 is 17.6 Å². The summed E-state index contributed by atoms with van der Waals surface area (Å²) in [5.41, 5.74) is 2.80. The fraction of sp³-hybridized carbons (Fsp3) is 0. The molecule has 8 nitrogen and oxygen atoms in total. The Labute approximate surface area is 269 Å². The summed E-state index contributed by atoms with van der Waals surface area (Å²) in [7, 11) is 0. The van der Waals surface area contributed by atoms with E-state index in [1.807, 2.05) is 0 Å². The molecule has 1 aliphatic carbocycles. The molecule has 0 N–H and O–H groups in total. The van der Waals surface area contributed by atoms with Gasteiger partial charge in [-0.05, 0) is 97.1 Å². The second-order valence-corrected chi connectivity index (χ2v) is 10.4. The molecule has 0 aliphatic heterocycles. The molecule has 0 fully saturated rings. The van der Waals surface area contributed by atoms with Crippen molar-refractivity contribution in [2.75, 3.05) is 0 Å². The smallest absolute Gasteiger partial charge is 0.206 e. The number of nitrogens with zero attached hydrogens (tertiary/aromatic N) is 8. The van der Waals surface area contributed by atoms with Gasteiger partial charge < -0.3 is 0 Å². The van der Waals surface area contributed by atoms with Crippen LogP contribution in [0.1, 0.15) is 22.8 Å². The molecule has 0 spiro atoms. The van der Waals surface area contributed by atoms with Gasteiger partial charge in [-0.15, -0.1) is 4.95 Å². The molecular weight excluding hydrogens is 620 g/mol. The third-order valence-corrected chi connectivity index (χ3v) is 7.47. The zero-order valence-electron chi connectivity index (χ0n) is 24.3. The van der Waals surface area contributed by atoms with Crippen LogP contribution in [0.3, 0.4) is 0 Å². The number of halogens is 4. The molecule has 7 rings (SSSR count). The number of aliphatic imine (C=N–C) groups is 1. The van der Waals surface area contributed by atoms with Crippen LogP contribution in [0, 0.1) is 41.3 Å². The lowest BCUT2D eigenvalue weighted by Gasteiger charge is -2.22. The van der Waals surface area contributed by atoms with Gasteiger partial charge in [-0.2, -0.15) is 16.8 Å². The van der Waals surface area contributed by atoms with Gasteiger partial charge in [-0.1, -0.05) is 0 Å². The van der Waals surface area contributed by atoms with Crippen LogP contribution < -0.4 is 0 Å². The summed E-state index contributed by atoms with van der Waals surface area (Å²) in [4.78, 5) is 26.7. The van der Waals surface area contributed by atoms with Gasteiger partial charge in [0.05, 0.1) is 27.9 Å². The summed E-state index contributed by atoms with van der Waals surface area (Å²) >= 11 is 0. The number of hydrogen-bond acceptors (Lipinski definition) is 7. The van der Waals surface area contributed by atoms with Crippen molar-refractivity contribution in [1.82, 2.24) is 19.9 Å². The molecular formula is C36H16F4N8. The number of hydrogen-bond donors (Lipinski definition) is 0. The summed E-state index contributed by atoms with van der Waals surface area (Å²) in [5, 5.41) is 13.9. The van der Waals surface area contributed by atoms with E-state index in [0.717, 1.165) is 0 Å². The minimum atomic E-state index is -0.485. The third-order valence-electron chi connectivity index (χ3n) is 7.47. The van der Waals surface area contributed by atoms with E-state index in [0.29, 0.717) is 22.3 Å². The first-order chi connectivity index (χ1) is 23.3. The Hall–Kier alpha value is -6.92. The number of benzene rings is 4. The zero-order valence-corrected chi connectivity index (χ0v) is 24.3. The lowest BCUT2D eigenvalue weighted by molar-refractivity contribution is 0.627. The van der Waals surface area contributed by atoms with Gasteiger partial charge in [0.25, 0.3) is 0 Å². The molecule has 12 heteroatoms. The predicted molar refractivity (Wildman–Crippen MR) is 169 cm³/mol. The van der Waals surface area contributed by atoms with Gasteiger partial charge in [-0.3, -0.25) is 0 Å². The van der Waals surface area contributed by atoms with E-state index < -0.39 is 23.3 Å². The summed E-state index contributed by atoms with van der Waals surface area (Å²) in [6, 6.07) is 21.9. The highest BCUT2D eigenvalue weighted by Gasteiger charge is 2.37. The highest BCUT2D eigenvalue weighted by molar-refractivity contribution is 6.29. The van der Waals surface area contributed by atoms with E-state index in [2.05, 4.69) is 15.0 Å². The van der Waals surface area contributed by atoms with Crippen molar-refractivity contribution in [1.29, 1.82) is 5.26 Å². The summed E-state index contributed by atoms with van der Waals surface area (Å²) in [6.45, 7) is 7.63. The zero-order chi connectivity index (χ0) is 33.4. The highest BCUT2D eigenvalue weighted by Crippen LogP contribution is 2.37. The SMILES string of the molecule is [C-]#[N+]N=C1c2nc(-c3ccc(F)cc3)c(-c3ccc(F)cc3)nc2C(=NC#N)c2nc(-c3ccc(F)cc3)c(-c3ccc(F)cc3)nc21. The molecule has 0 radical (unpaired) electrons. The van der Waals surface area contributed by atoms with Crippen molar-refractivity contribution in [3.05, 3.63) is 155 Å². The van der Waals surface area contributed by atoms with Gasteiger partial charge >= 0.3 is 0 Å². The van der Waals surface area contributed by atoms with Crippen molar-refractivity contribution in [2.45, 2.75) is 0 Å². The maximum Gasteiger partial charge on any atom is 0.206 e. The number of rotatable bonds is 4. The Morgan fingerprint density at radius 2 is 0.729 bits per heavy atom. The van der Waals surface area contributed by atoms with E-state index in [1.165, 1.54) is 97.1 Å². The average molecular weight is 637 g/mol. The molecule has 0 saturated heterocycles. The van der Waals surface area contributed by atoms with Gasteiger partial charge in [0.1, 0.15) is 51.8 Å². The van der Waals surface area contributed by atoms with Gasteiger partial charge in [0, 0.05) is 22.3 Å². The first-order valence-electron chi connectivity index (χ1n) is 14.1. The van der Waals surface area contributed by atoms with Crippen molar-refractivity contribution in [3.8, 4) is 51.2 Å². The molecule has 0 saturated carbocycles. The normalized spacial score (nSPS) is 11.6. The van der Waals surface area contributed by atoms with Crippen LogP contribution >= 0.6 is 0 Å². The predicted octanol–water partition coefficient (Wildman–Crippen LogP) is 7.79. The Kier molecular flexibility index (Phi) is 7.51. The molecule has 0 bridgehead atoms. The molecule has 4 aromatic carbocycles. The summed E-state index contributed by atoms with van der Waals surface area (Å²) in [6.07, 6.45) is 1.77. The van der Waals surface area contributed by atoms with Crippen LogP contribution in [0.4, 0.5) is 17.6 Å². The minimum absolute atomic E-state index is 0.0329. The minimum Gasteiger partial charge on any atom is -0.241 e. The van der Waals surface area contributed by atoms with E-state index in [4.69, 9.17) is 26.5 Å². The maximum absolute atomic E-state index is 14.0. The van der Waals surface area contributed by atoms with Crippen LogP contribution in [-0.2, 0) is 0 Å². The average Bonchev–Trinajstić information content (AvgIpc) is 3.10. The Bertz CT molecular complexity index is 2050. The van der Waals surface area contributed by atoms with Crippen molar-refractivity contribution in [2.24, 2.45) is 10.1 Å². The fourth-order valence-corrected chi connectivity index (χ4v) is 5.29. The van der Waals surface area contributed by atoms with E-state index in [1.54, 1.807) is 6.19 Å². The Morgan fingerprint density at radius 1 is 0.458 bits per heavy atom. The quantitative estimate of drug-likeness (QED) is 0.0849. The van der Waals surface area contributed by atoms with Crippen LogP contribution in [0.5, 0.6) is 0 Å². The number of nitriles is 1. The lowest BCUT2D eigenvalue weighted by Crippen LogP contribution is -2.29. The van der Waals surface area contributed by atoms with Gasteiger partial charge in [0.2, 0.25) is 11.9 Å². The molecule has 0 unspecified atom stereocenters. The molecule has 0 amide bonds. The first kappa shape index (κ1) is 29.8. The molecule has 0 atom stereocenters. The van der Waals surface area contributed by atoms with Crippen LogP contribution in [0.25, 0.3) is 50.0 Å². The second kappa shape index (κ2) is 12.1. The molecule has 228 valence electrons. The monoisotopic (exact) mass is 636 g/mol. The van der Waals surface area contributed by atoms with E-state index in [-0.39, 0.29) is 57.0 Å². The Balaban J connectivity index is 1.56. The van der Waals surface area contributed by atoms with Crippen LogP contribution in [-0.4, -0.2) is 31.4 Å². The first-order valence-corrected chi connectivity index (χ1v) is 14.1. The molecule has 2 aromatic heterocycles. The van der Waals surface area contributed by atoms with E-state index in [9.17, 15) is 22.8 Å². The number of aromatic nitrogens is 4. The van der Waals surface area contributed by atoms with Crippen molar-refractivity contribution >= 4 is 11.4 Å². The lowest BCUT2D eigenvalue weighted by atomic mass is 9.92.